The maximum absolute atomic E-state index is 6.12. The largest absolute Gasteiger partial charge is 0.381 e. The van der Waals surface area contributed by atoms with Crippen molar-refractivity contribution < 1.29 is 9.47 Å². The second-order valence-electron chi connectivity index (χ2n) is 6.81. The van der Waals surface area contributed by atoms with Crippen molar-refractivity contribution in [3.63, 3.8) is 0 Å². The lowest BCUT2D eigenvalue weighted by atomic mass is 9.92. The number of halogens is 1. The van der Waals surface area contributed by atoms with Crippen molar-refractivity contribution >= 4 is 33.0 Å². The number of anilines is 1. The number of nitrogens with zero attached hydrogens (tertiary/aromatic N) is 4. The summed E-state index contributed by atoms with van der Waals surface area (Å²) in [5, 5.41) is 6.49. The number of morpholine rings is 1. The highest BCUT2D eigenvalue weighted by Gasteiger charge is 2.39. The lowest BCUT2D eigenvalue weighted by Gasteiger charge is -2.44. The summed E-state index contributed by atoms with van der Waals surface area (Å²) in [5.74, 6) is 0. The van der Waals surface area contributed by atoms with Gasteiger partial charge in [0.1, 0.15) is 0 Å². The minimum Gasteiger partial charge on any atom is -0.381 e. The van der Waals surface area contributed by atoms with Crippen molar-refractivity contribution in [3.8, 4) is 11.3 Å². The highest BCUT2D eigenvalue weighted by Crippen LogP contribution is 2.33. The Morgan fingerprint density at radius 2 is 1.92 bits per heavy atom. The zero-order valence-electron chi connectivity index (χ0n) is 14.2. The van der Waals surface area contributed by atoms with E-state index in [2.05, 4.69) is 4.90 Å². The van der Waals surface area contributed by atoms with Crippen LogP contribution in [0.15, 0.2) is 30.5 Å². The Labute approximate surface area is 160 Å². The molecule has 5 rings (SSSR count). The highest BCUT2D eigenvalue weighted by atomic mass is 35.5. The van der Waals surface area contributed by atoms with Crippen LogP contribution in [-0.4, -0.2) is 53.1 Å². The first-order valence-corrected chi connectivity index (χ1v) is 9.99. The fourth-order valence-corrected chi connectivity index (χ4v) is 4.67. The molecule has 4 heterocycles. The normalized spacial score (nSPS) is 20.1. The van der Waals surface area contributed by atoms with E-state index in [1.54, 1.807) is 11.3 Å². The van der Waals surface area contributed by atoms with E-state index in [-0.39, 0.29) is 5.60 Å². The third-order valence-electron chi connectivity index (χ3n) is 5.10. The van der Waals surface area contributed by atoms with Gasteiger partial charge in [0.05, 0.1) is 24.1 Å². The number of hydrogen-bond acceptors (Lipinski definition) is 6. The Morgan fingerprint density at radius 3 is 2.69 bits per heavy atom. The van der Waals surface area contributed by atoms with Crippen LogP contribution in [0.3, 0.4) is 0 Å². The van der Waals surface area contributed by atoms with E-state index in [1.807, 2.05) is 35.0 Å². The van der Waals surface area contributed by atoms with Crippen LogP contribution in [0.1, 0.15) is 12.8 Å². The van der Waals surface area contributed by atoms with Gasteiger partial charge in [-0.1, -0.05) is 35.1 Å². The van der Waals surface area contributed by atoms with Crippen LogP contribution < -0.4 is 4.90 Å². The van der Waals surface area contributed by atoms with Gasteiger partial charge in [-0.25, -0.2) is 9.50 Å². The van der Waals surface area contributed by atoms with Gasteiger partial charge in [0, 0.05) is 49.7 Å². The Hall–Kier alpha value is -1.67. The minimum atomic E-state index is -0.0846. The third kappa shape index (κ3) is 2.99. The Balaban J connectivity index is 1.39. The van der Waals surface area contributed by atoms with Crippen LogP contribution in [0, 0.1) is 0 Å². The molecular formula is C18H19ClN4O2S. The first-order valence-electron chi connectivity index (χ1n) is 8.80. The summed E-state index contributed by atoms with van der Waals surface area (Å²) in [6.07, 6.45) is 3.88. The van der Waals surface area contributed by atoms with Crippen molar-refractivity contribution in [2.45, 2.75) is 18.4 Å². The van der Waals surface area contributed by atoms with Gasteiger partial charge in [0.25, 0.3) is 0 Å². The third-order valence-corrected chi connectivity index (χ3v) is 6.33. The summed E-state index contributed by atoms with van der Waals surface area (Å²) in [5.41, 5.74) is 1.87. The number of fused-ring (bicyclic) bond motifs is 1. The number of ether oxygens (including phenoxy) is 2. The Kier molecular flexibility index (Phi) is 4.12. The van der Waals surface area contributed by atoms with Gasteiger partial charge >= 0.3 is 0 Å². The van der Waals surface area contributed by atoms with Gasteiger partial charge in [-0.3, -0.25) is 0 Å². The topological polar surface area (TPSA) is 51.9 Å². The molecule has 6 nitrogen and oxygen atoms in total. The van der Waals surface area contributed by atoms with Crippen LogP contribution >= 0.6 is 22.9 Å². The fourth-order valence-electron chi connectivity index (χ4n) is 3.63. The number of aromatic nitrogens is 3. The summed E-state index contributed by atoms with van der Waals surface area (Å²) < 4.78 is 13.5. The molecule has 3 aromatic rings. The standard InChI is InChI=1S/C18H19ClN4O2S/c19-14-3-1-13(2-4-14)15-11-23-16(20-15)26-17(21-23)22-7-10-25-18(12-22)5-8-24-9-6-18/h1-4,11H,5-10,12H2. The van der Waals surface area contributed by atoms with Crippen LogP contribution in [0.2, 0.25) is 5.02 Å². The summed E-state index contributed by atoms with van der Waals surface area (Å²) in [4.78, 5) is 7.96. The van der Waals surface area contributed by atoms with Gasteiger partial charge in [0.15, 0.2) is 0 Å². The first-order chi connectivity index (χ1) is 12.7. The first kappa shape index (κ1) is 16.5. The average Bonchev–Trinajstić information content (AvgIpc) is 3.22. The van der Waals surface area contributed by atoms with E-state index < -0.39 is 0 Å². The van der Waals surface area contributed by atoms with Gasteiger partial charge in [-0.2, -0.15) is 0 Å². The fraction of sp³-hybridized carbons (Fsp3) is 0.444. The molecule has 0 unspecified atom stereocenters. The summed E-state index contributed by atoms with van der Waals surface area (Å²) in [7, 11) is 0. The van der Waals surface area contributed by atoms with E-state index in [0.29, 0.717) is 0 Å². The number of imidazole rings is 1. The lowest BCUT2D eigenvalue weighted by molar-refractivity contribution is -0.116. The molecule has 0 radical (unpaired) electrons. The minimum absolute atomic E-state index is 0.0846. The summed E-state index contributed by atoms with van der Waals surface area (Å²) >= 11 is 7.59. The van der Waals surface area contributed by atoms with Crippen LogP contribution in [0.25, 0.3) is 16.2 Å². The molecule has 2 fully saturated rings. The molecule has 0 amide bonds. The molecule has 0 bridgehead atoms. The smallest absolute Gasteiger partial charge is 0.214 e. The maximum atomic E-state index is 6.12. The summed E-state index contributed by atoms with van der Waals surface area (Å²) in [6, 6.07) is 7.72. The van der Waals surface area contributed by atoms with E-state index in [1.165, 1.54) is 0 Å². The zero-order chi connectivity index (χ0) is 17.6. The Morgan fingerprint density at radius 1 is 1.12 bits per heavy atom. The SMILES string of the molecule is Clc1ccc(-c2cn3nc(N4CCOC5(CCOCC5)C4)sc3n2)cc1. The quantitative estimate of drug-likeness (QED) is 0.670. The molecule has 1 aromatic carbocycles. The van der Waals surface area contributed by atoms with Crippen molar-refractivity contribution in [3.05, 3.63) is 35.5 Å². The molecule has 2 aliphatic heterocycles. The molecule has 8 heteroatoms. The predicted molar refractivity (Wildman–Crippen MR) is 102 cm³/mol. The number of hydrogen-bond donors (Lipinski definition) is 0. The average molecular weight is 391 g/mol. The van der Waals surface area contributed by atoms with Crippen LogP contribution in [0.5, 0.6) is 0 Å². The Bertz CT molecular complexity index is 880. The second kappa shape index (κ2) is 6.49. The van der Waals surface area contributed by atoms with Gasteiger partial charge in [-0.15, -0.1) is 5.10 Å². The van der Waals surface area contributed by atoms with Gasteiger partial charge < -0.3 is 14.4 Å². The van der Waals surface area contributed by atoms with Crippen LogP contribution in [0.4, 0.5) is 5.13 Å². The van der Waals surface area contributed by atoms with E-state index in [4.69, 9.17) is 31.2 Å². The van der Waals surface area contributed by atoms with E-state index in [0.717, 1.165) is 72.1 Å². The molecule has 2 saturated heterocycles. The molecule has 26 heavy (non-hydrogen) atoms. The lowest BCUT2D eigenvalue weighted by Crippen LogP contribution is -2.54. The second-order valence-corrected chi connectivity index (χ2v) is 8.18. The van der Waals surface area contributed by atoms with Crippen LogP contribution in [-0.2, 0) is 9.47 Å². The number of benzene rings is 1. The zero-order valence-corrected chi connectivity index (χ0v) is 15.8. The molecule has 0 N–H and O–H groups in total. The van der Waals surface area contributed by atoms with Crippen molar-refractivity contribution in [2.24, 2.45) is 0 Å². The highest BCUT2D eigenvalue weighted by molar-refractivity contribution is 7.20. The monoisotopic (exact) mass is 390 g/mol. The molecule has 0 saturated carbocycles. The van der Waals surface area contributed by atoms with E-state index in [9.17, 15) is 0 Å². The molecule has 2 aromatic heterocycles. The maximum Gasteiger partial charge on any atom is 0.214 e. The molecule has 1 spiro atoms. The predicted octanol–water partition coefficient (Wildman–Crippen LogP) is 3.50. The molecule has 2 aliphatic rings. The van der Waals surface area contributed by atoms with Gasteiger partial charge in [0.2, 0.25) is 10.1 Å². The van der Waals surface area contributed by atoms with E-state index >= 15 is 0 Å². The van der Waals surface area contributed by atoms with Crippen molar-refractivity contribution in [1.82, 2.24) is 14.6 Å². The van der Waals surface area contributed by atoms with Crippen molar-refractivity contribution in [2.75, 3.05) is 37.8 Å². The number of rotatable bonds is 2. The molecule has 0 aliphatic carbocycles. The molecule has 0 atom stereocenters. The molecular weight excluding hydrogens is 372 g/mol. The van der Waals surface area contributed by atoms with Gasteiger partial charge in [-0.05, 0) is 12.1 Å². The van der Waals surface area contributed by atoms with Crippen molar-refractivity contribution in [1.29, 1.82) is 0 Å². The molecule has 136 valence electrons. The summed E-state index contributed by atoms with van der Waals surface area (Å²) in [6.45, 7) is 4.03.